The minimum Gasteiger partial charge on any atom is -0.309 e. The van der Waals surface area contributed by atoms with Crippen molar-refractivity contribution in [2.24, 2.45) is 11.8 Å². The molecule has 0 saturated heterocycles. The van der Waals surface area contributed by atoms with Crippen molar-refractivity contribution >= 4 is 21.6 Å². The zero-order chi connectivity index (χ0) is 13.4. The van der Waals surface area contributed by atoms with Crippen LogP contribution in [0.25, 0.3) is 0 Å². The van der Waals surface area contributed by atoms with E-state index in [1.807, 2.05) is 12.1 Å². The molecule has 0 heterocycles. The highest BCUT2D eigenvalue weighted by atomic mass is 79.9. The van der Waals surface area contributed by atoms with E-state index >= 15 is 0 Å². The Hall–Kier alpha value is -0.940. The Bertz CT molecular complexity index is 506. The number of nitro benzene ring substituents is 1. The zero-order valence-electron chi connectivity index (χ0n) is 10.6. The number of fused-ring (bicyclic) bond motifs is 2. The van der Waals surface area contributed by atoms with E-state index in [4.69, 9.17) is 0 Å². The van der Waals surface area contributed by atoms with Crippen molar-refractivity contribution in [1.29, 1.82) is 0 Å². The van der Waals surface area contributed by atoms with E-state index in [1.165, 1.54) is 25.7 Å². The van der Waals surface area contributed by atoms with Gasteiger partial charge in [0.1, 0.15) is 0 Å². The van der Waals surface area contributed by atoms with E-state index in [-0.39, 0.29) is 10.6 Å². The summed E-state index contributed by atoms with van der Waals surface area (Å²) in [5.74, 6) is 1.68. The number of hydrogen-bond acceptors (Lipinski definition) is 3. The van der Waals surface area contributed by atoms with Crippen LogP contribution in [0.5, 0.6) is 0 Å². The van der Waals surface area contributed by atoms with Crippen molar-refractivity contribution in [2.75, 3.05) is 0 Å². The lowest BCUT2D eigenvalue weighted by Gasteiger charge is -2.22. The van der Waals surface area contributed by atoms with Crippen LogP contribution in [0.3, 0.4) is 0 Å². The molecule has 1 aromatic carbocycles. The molecular formula is C14H17BrN2O2. The summed E-state index contributed by atoms with van der Waals surface area (Å²) in [5, 5.41) is 14.6. The molecule has 3 atom stereocenters. The van der Waals surface area contributed by atoms with E-state index in [1.54, 1.807) is 6.07 Å². The first kappa shape index (κ1) is 13.1. The van der Waals surface area contributed by atoms with Gasteiger partial charge in [-0.2, -0.15) is 0 Å². The van der Waals surface area contributed by atoms with Crippen LogP contribution in [0, 0.1) is 22.0 Å². The second-order valence-electron chi connectivity index (χ2n) is 5.69. The van der Waals surface area contributed by atoms with Crippen molar-refractivity contribution in [3.63, 3.8) is 0 Å². The maximum absolute atomic E-state index is 11.1. The normalized spacial score (nSPS) is 28.8. The second kappa shape index (κ2) is 5.21. The van der Waals surface area contributed by atoms with Gasteiger partial charge in [-0.1, -0.05) is 22.4 Å². The van der Waals surface area contributed by atoms with Gasteiger partial charge in [-0.05, 0) is 43.2 Å². The van der Waals surface area contributed by atoms with Gasteiger partial charge in [0.2, 0.25) is 0 Å². The molecule has 19 heavy (non-hydrogen) atoms. The zero-order valence-corrected chi connectivity index (χ0v) is 12.2. The molecule has 3 rings (SSSR count). The fraction of sp³-hybridized carbons (Fsp3) is 0.571. The summed E-state index contributed by atoms with van der Waals surface area (Å²) < 4.78 is 0.753. The smallest absolute Gasteiger partial charge is 0.275 e. The number of nitrogens with one attached hydrogen (secondary N) is 1. The maximum Gasteiger partial charge on any atom is 0.275 e. The third-order valence-corrected chi connectivity index (χ3v) is 5.03. The first-order chi connectivity index (χ1) is 9.13. The Labute approximate surface area is 120 Å². The monoisotopic (exact) mass is 324 g/mol. The van der Waals surface area contributed by atoms with Gasteiger partial charge in [-0.25, -0.2) is 0 Å². The molecule has 5 heteroatoms. The van der Waals surface area contributed by atoms with Crippen molar-refractivity contribution in [3.05, 3.63) is 38.3 Å². The Morgan fingerprint density at radius 3 is 2.84 bits per heavy atom. The van der Waals surface area contributed by atoms with Crippen molar-refractivity contribution in [3.8, 4) is 0 Å². The predicted molar refractivity (Wildman–Crippen MR) is 76.9 cm³/mol. The highest BCUT2D eigenvalue weighted by Gasteiger charge is 2.39. The topological polar surface area (TPSA) is 55.2 Å². The van der Waals surface area contributed by atoms with Crippen LogP contribution >= 0.6 is 15.9 Å². The molecule has 2 bridgehead atoms. The molecule has 2 saturated carbocycles. The van der Waals surface area contributed by atoms with Gasteiger partial charge in [0.05, 0.1) is 4.92 Å². The summed E-state index contributed by atoms with van der Waals surface area (Å²) in [5.41, 5.74) is 0.973. The fourth-order valence-electron chi connectivity index (χ4n) is 3.59. The highest BCUT2D eigenvalue weighted by molar-refractivity contribution is 9.10. The molecule has 102 valence electrons. The van der Waals surface area contributed by atoms with Gasteiger partial charge >= 0.3 is 0 Å². The first-order valence-electron chi connectivity index (χ1n) is 6.79. The predicted octanol–water partition coefficient (Wildman–Crippen LogP) is 3.64. The molecule has 0 aliphatic heterocycles. The molecule has 0 amide bonds. The van der Waals surface area contributed by atoms with Gasteiger partial charge in [0, 0.05) is 28.7 Å². The Morgan fingerprint density at radius 1 is 1.37 bits per heavy atom. The van der Waals surface area contributed by atoms with Crippen molar-refractivity contribution < 1.29 is 4.92 Å². The molecule has 0 radical (unpaired) electrons. The number of nitro groups is 1. The molecule has 0 spiro atoms. The van der Waals surface area contributed by atoms with E-state index in [2.05, 4.69) is 21.2 Å². The molecule has 1 aromatic rings. The lowest BCUT2D eigenvalue weighted by molar-refractivity contribution is -0.385. The standard InChI is InChI=1S/C14H17BrN2O2/c15-12-4-3-11(14(7-12)17(18)19)8-16-13-6-9-1-2-10(13)5-9/h3-4,7,9-10,13,16H,1-2,5-6,8H2. The van der Waals surface area contributed by atoms with E-state index in [9.17, 15) is 10.1 Å². The number of nitrogens with zero attached hydrogens (tertiary/aromatic N) is 1. The summed E-state index contributed by atoms with van der Waals surface area (Å²) >= 11 is 3.28. The fourth-order valence-corrected chi connectivity index (χ4v) is 3.94. The largest absolute Gasteiger partial charge is 0.309 e. The summed E-state index contributed by atoms with van der Waals surface area (Å²) in [7, 11) is 0. The number of rotatable bonds is 4. The summed E-state index contributed by atoms with van der Waals surface area (Å²) in [6.07, 6.45) is 5.29. The minimum absolute atomic E-state index is 0.199. The minimum atomic E-state index is -0.303. The third kappa shape index (κ3) is 2.67. The van der Waals surface area contributed by atoms with Crippen LogP contribution in [0.15, 0.2) is 22.7 Å². The lowest BCUT2D eigenvalue weighted by Crippen LogP contribution is -2.33. The number of benzene rings is 1. The highest BCUT2D eigenvalue weighted by Crippen LogP contribution is 2.44. The van der Waals surface area contributed by atoms with E-state index < -0.39 is 0 Å². The molecule has 4 nitrogen and oxygen atoms in total. The third-order valence-electron chi connectivity index (χ3n) is 4.54. The van der Waals surface area contributed by atoms with Crippen LogP contribution in [-0.4, -0.2) is 11.0 Å². The van der Waals surface area contributed by atoms with Gasteiger partial charge in [0.15, 0.2) is 0 Å². The Morgan fingerprint density at radius 2 is 2.21 bits per heavy atom. The van der Waals surface area contributed by atoms with Crippen LogP contribution in [0.1, 0.15) is 31.2 Å². The van der Waals surface area contributed by atoms with Crippen molar-refractivity contribution in [2.45, 2.75) is 38.3 Å². The quantitative estimate of drug-likeness (QED) is 0.679. The lowest BCUT2D eigenvalue weighted by atomic mass is 9.95. The molecule has 3 unspecified atom stereocenters. The Kier molecular flexibility index (Phi) is 3.58. The Balaban J connectivity index is 1.68. The average Bonchev–Trinajstić information content (AvgIpc) is 2.99. The summed E-state index contributed by atoms with van der Waals surface area (Å²) in [6, 6.07) is 5.84. The van der Waals surface area contributed by atoms with Crippen molar-refractivity contribution in [1.82, 2.24) is 5.32 Å². The first-order valence-corrected chi connectivity index (χ1v) is 7.59. The molecule has 0 aromatic heterocycles. The van der Waals surface area contributed by atoms with E-state index in [0.29, 0.717) is 12.6 Å². The molecule has 1 N–H and O–H groups in total. The summed E-state index contributed by atoms with van der Waals surface area (Å²) in [6.45, 7) is 0.595. The number of hydrogen-bond donors (Lipinski definition) is 1. The van der Waals surface area contributed by atoms with Crippen LogP contribution < -0.4 is 5.32 Å². The van der Waals surface area contributed by atoms with Gasteiger partial charge in [-0.15, -0.1) is 0 Å². The maximum atomic E-state index is 11.1. The molecule has 2 aliphatic rings. The van der Waals surface area contributed by atoms with Crippen LogP contribution in [-0.2, 0) is 6.54 Å². The van der Waals surface area contributed by atoms with Gasteiger partial charge < -0.3 is 5.32 Å². The summed E-state index contributed by atoms with van der Waals surface area (Å²) in [4.78, 5) is 10.8. The molecular weight excluding hydrogens is 308 g/mol. The second-order valence-corrected chi connectivity index (χ2v) is 6.61. The SMILES string of the molecule is O=[N+]([O-])c1cc(Br)ccc1CNC1CC2CCC1C2. The molecule has 2 aliphatic carbocycles. The van der Waals surface area contributed by atoms with Gasteiger partial charge in [-0.3, -0.25) is 10.1 Å². The van der Waals surface area contributed by atoms with Crippen LogP contribution in [0.2, 0.25) is 0 Å². The van der Waals surface area contributed by atoms with Gasteiger partial charge in [0.25, 0.3) is 5.69 Å². The number of halogens is 1. The van der Waals surface area contributed by atoms with Crippen LogP contribution in [0.4, 0.5) is 5.69 Å². The average molecular weight is 325 g/mol. The van der Waals surface area contributed by atoms with E-state index in [0.717, 1.165) is 21.9 Å². The molecule has 2 fully saturated rings.